The lowest BCUT2D eigenvalue weighted by Gasteiger charge is -2.05. The van der Waals surface area contributed by atoms with E-state index in [4.69, 9.17) is 17.3 Å². The van der Waals surface area contributed by atoms with Crippen molar-refractivity contribution < 1.29 is 0 Å². The average Bonchev–Trinajstić information content (AvgIpc) is 2.58. The maximum atomic E-state index is 6.06. The normalized spacial score (nSPS) is 10.8. The number of nitrogens with zero attached hydrogens (tertiary/aromatic N) is 2. The number of benzene rings is 1. The molecule has 0 spiro atoms. The van der Waals surface area contributed by atoms with Crippen molar-refractivity contribution in [3.8, 4) is 11.1 Å². The molecule has 3 nitrogen and oxygen atoms in total. The highest BCUT2D eigenvalue weighted by molar-refractivity contribution is 6.33. The monoisotopic (exact) mass is 249 g/mol. The van der Waals surface area contributed by atoms with Gasteiger partial charge in [0.1, 0.15) is 0 Å². The van der Waals surface area contributed by atoms with Gasteiger partial charge in [-0.3, -0.25) is 4.68 Å². The molecule has 90 valence electrons. The van der Waals surface area contributed by atoms with Crippen molar-refractivity contribution >= 4 is 17.3 Å². The summed E-state index contributed by atoms with van der Waals surface area (Å²) in [7, 11) is 0. The van der Waals surface area contributed by atoms with Gasteiger partial charge >= 0.3 is 0 Å². The van der Waals surface area contributed by atoms with Gasteiger partial charge in [0.15, 0.2) is 0 Å². The van der Waals surface area contributed by atoms with E-state index in [2.05, 4.69) is 18.9 Å². The number of nitrogen functional groups attached to an aromatic ring is 1. The van der Waals surface area contributed by atoms with Crippen LogP contribution in [0.15, 0.2) is 18.2 Å². The van der Waals surface area contributed by atoms with E-state index in [9.17, 15) is 0 Å². The average molecular weight is 250 g/mol. The molecular weight excluding hydrogens is 234 g/mol. The molecule has 4 heteroatoms. The van der Waals surface area contributed by atoms with E-state index in [0.717, 1.165) is 29.1 Å². The molecule has 2 rings (SSSR count). The highest BCUT2D eigenvalue weighted by Gasteiger charge is 2.13. The molecule has 0 radical (unpaired) electrons. The summed E-state index contributed by atoms with van der Waals surface area (Å²) < 4.78 is 1.99. The lowest BCUT2D eigenvalue weighted by molar-refractivity contribution is 0.634. The molecule has 0 atom stereocenters. The molecule has 0 bridgehead atoms. The molecule has 0 fully saturated rings. The quantitative estimate of drug-likeness (QED) is 0.829. The molecule has 0 aliphatic carbocycles. The molecule has 0 amide bonds. The Hall–Kier alpha value is -1.48. The van der Waals surface area contributed by atoms with Gasteiger partial charge in [-0.2, -0.15) is 5.10 Å². The van der Waals surface area contributed by atoms with Crippen LogP contribution in [-0.2, 0) is 6.54 Å². The van der Waals surface area contributed by atoms with Gasteiger partial charge in [0.2, 0.25) is 0 Å². The number of aryl methyl sites for hydroxylation is 2. The predicted molar refractivity (Wildman–Crippen MR) is 72.2 cm³/mol. The maximum absolute atomic E-state index is 6.06. The van der Waals surface area contributed by atoms with Crippen LogP contribution >= 0.6 is 11.6 Å². The van der Waals surface area contributed by atoms with Crippen molar-refractivity contribution in [1.29, 1.82) is 0 Å². The molecule has 0 saturated heterocycles. The number of hydrogen-bond acceptors (Lipinski definition) is 2. The van der Waals surface area contributed by atoms with Crippen LogP contribution in [0.4, 0.5) is 5.69 Å². The van der Waals surface area contributed by atoms with Crippen LogP contribution in [0.3, 0.4) is 0 Å². The van der Waals surface area contributed by atoms with Crippen molar-refractivity contribution in [3.63, 3.8) is 0 Å². The smallest absolute Gasteiger partial charge is 0.0674 e. The van der Waals surface area contributed by atoms with E-state index in [1.165, 1.54) is 0 Å². The fraction of sp³-hybridized carbons (Fsp3) is 0.308. The van der Waals surface area contributed by atoms with Gasteiger partial charge in [-0.25, -0.2) is 0 Å². The van der Waals surface area contributed by atoms with Crippen molar-refractivity contribution in [2.24, 2.45) is 0 Å². The molecule has 1 aromatic heterocycles. The second kappa shape index (κ2) is 4.41. The summed E-state index contributed by atoms with van der Waals surface area (Å²) in [6.45, 7) is 7.04. The number of anilines is 1. The Morgan fingerprint density at radius 2 is 2.06 bits per heavy atom. The second-order valence-corrected chi connectivity index (χ2v) is 4.51. The molecule has 1 aromatic carbocycles. The zero-order valence-electron chi connectivity index (χ0n) is 10.3. The second-order valence-electron chi connectivity index (χ2n) is 4.10. The highest BCUT2D eigenvalue weighted by atomic mass is 35.5. The molecule has 1 heterocycles. The highest BCUT2D eigenvalue weighted by Crippen LogP contribution is 2.31. The van der Waals surface area contributed by atoms with Crippen LogP contribution in [0.1, 0.15) is 18.3 Å². The third kappa shape index (κ3) is 2.03. The van der Waals surface area contributed by atoms with Crippen LogP contribution in [0, 0.1) is 13.8 Å². The molecule has 2 N–H and O–H groups in total. The largest absolute Gasteiger partial charge is 0.398 e. The van der Waals surface area contributed by atoms with Crippen molar-refractivity contribution in [1.82, 2.24) is 9.78 Å². The summed E-state index contributed by atoms with van der Waals surface area (Å²) in [4.78, 5) is 0. The number of halogens is 1. The van der Waals surface area contributed by atoms with Crippen molar-refractivity contribution in [2.45, 2.75) is 27.3 Å². The van der Waals surface area contributed by atoms with Crippen LogP contribution in [0.25, 0.3) is 11.1 Å². The van der Waals surface area contributed by atoms with Crippen LogP contribution in [0.2, 0.25) is 5.02 Å². The summed E-state index contributed by atoms with van der Waals surface area (Å²) >= 11 is 6.06. The Balaban J connectivity index is 2.60. The maximum Gasteiger partial charge on any atom is 0.0674 e. The summed E-state index contributed by atoms with van der Waals surface area (Å²) in [5.41, 5.74) is 10.7. The molecular formula is C13H16ClN3. The minimum absolute atomic E-state index is 0.588. The Morgan fingerprint density at radius 3 is 2.59 bits per heavy atom. The fourth-order valence-corrected chi connectivity index (χ4v) is 2.29. The first-order valence-corrected chi connectivity index (χ1v) is 6.01. The standard InChI is InChI=1S/C13H16ClN3/c1-4-17-9(3)13(8(2)16-17)10-5-6-12(15)11(14)7-10/h5-7H,4,15H2,1-3H3. The minimum Gasteiger partial charge on any atom is -0.398 e. The zero-order valence-corrected chi connectivity index (χ0v) is 11.0. The Kier molecular flexibility index (Phi) is 3.11. The van der Waals surface area contributed by atoms with E-state index < -0.39 is 0 Å². The van der Waals surface area contributed by atoms with Crippen molar-refractivity contribution in [2.75, 3.05) is 5.73 Å². The Morgan fingerprint density at radius 1 is 1.35 bits per heavy atom. The lowest BCUT2D eigenvalue weighted by atomic mass is 10.0. The Labute approximate surface area is 106 Å². The fourth-order valence-electron chi connectivity index (χ4n) is 2.11. The minimum atomic E-state index is 0.588. The Bertz CT molecular complexity index is 558. The van der Waals surface area contributed by atoms with E-state index in [-0.39, 0.29) is 0 Å². The number of nitrogens with two attached hydrogens (primary N) is 1. The predicted octanol–water partition coefficient (Wildman–Crippen LogP) is 3.42. The SMILES string of the molecule is CCn1nc(C)c(-c2ccc(N)c(Cl)c2)c1C. The van der Waals surface area contributed by atoms with Gasteiger partial charge in [0.05, 0.1) is 16.4 Å². The van der Waals surface area contributed by atoms with E-state index in [0.29, 0.717) is 10.7 Å². The summed E-state index contributed by atoms with van der Waals surface area (Å²) in [5.74, 6) is 0. The third-order valence-electron chi connectivity index (χ3n) is 2.97. The molecule has 0 saturated carbocycles. The first-order valence-electron chi connectivity index (χ1n) is 5.64. The van der Waals surface area contributed by atoms with E-state index in [1.54, 1.807) is 0 Å². The summed E-state index contributed by atoms with van der Waals surface area (Å²) in [6, 6.07) is 5.71. The third-order valence-corrected chi connectivity index (χ3v) is 3.30. The molecule has 2 aromatic rings. The molecule has 0 aliphatic rings. The van der Waals surface area contributed by atoms with E-state index >= 15 is 0 Å². The van der Waals surface area contributed by atoms with Gasteiger partial charge in [-0.05, 0) is 38.5 Å². The van der Waals surface area contributed by atoms with Gasteiger partial charge in [-0.1, -0.05) is 17.7 Å². The number of hydrogen-bond donors (Lipinski definition) is 1. The van der Waals surface area contributed by atoms with Crippen LogP contribution < -0.4 is 5.73 Å². The number of rotatable bonds is 2. The van der Waals surface area contributed by atoms with Gasteiger partial charge in [-0.15, -0.1) is 0 Å². The zero-order chi connectivity index (χ0) is 12.6. The summed E-state index contributed by atoms with van der Waals surface area (Å²) in [5, 5.41) is 5.09. The molecule has 17 heavy (non-hydrogen) atoms. The number of aromatic nitrogens is 2. The first-order chi connectivity index (χ1) is 8.04. The van der Waals surface area contributed by atoms with Gasteiger partial charge in [0, 0.05) is 17.8 Å². The van der Waals surface area contributed by atoms with Gasteiger partial charge in [0.25, 0.3) is 0 Å². The first kappa shape index (κ1) is 12.0. The lowest BCUT2D eigenvalue weighted by Crippen LogP contribution is -1.98. The van der Waals surface area contributed by atoms with Crippen LogP contribution in [0.5, 0.6) is 0 Å². The molecule has 0 unspecified atom stereocenters. The topological polar surface area (TPSA) is 43.8 Å². The van der Waals surface area contributed by atoms with Crippen molar-refractivity contribution in [3.05, 3.63) is 34.6 Å². The van der Waals surface area contributed by atoms with E-state index in [1.807, 2.05) is 29.8 Å². The van der Waals surface area contributed by atoms with Crippen LogP contribution in [-0.4, -0.2) is 9.78 Å². The molecule has 0 aliphatic heterocycles. The van der Waals surface area contributed by atoms with Gasteiger partial charge < -0.3 is 5.73 Å². The summed E-state index contributed by atoms with van der Waals surface area (Å²) in [6.07, 6.45) is 0.